The van der Waals surface area contributed by atoms with Gasteiger partial charge in [-0.05, 0) is 30.5 Å². The van der Waals surface area contributed by atoms with E-state index in [-0.39, 0.29) is 17.6 Å². The number of piperidine rings is 1. The number of hydrogen-bond acceptors (Lipinski definition) is 4. The molecule has 1 fully saturated rings. The highest BCUT2D eigenvalue weighted by atomic mass is 19.1. The first-order chi connectivity index (χ1) is 12.0. The Morgan fingerprint density at radius 3 is 2.84 bits per heavy atom. The molecule has 1 unspecified atom stereocenters. The lowest BCUT2D eigenvalue weighted by molar-refractivity contribution is -0.132. The second-order valence-corrected chi connectivity index (χ2v) is 5.96. The maximum Gasteiger partial charge on any atom is 0.272 e. The normalized spacial score (nSPS) is 18.5. The van der Waals surface area contributed by atoms with Crippen molar-refractivity contribution < 1.29 is 14.0 Å². The molecule has 0 saturated carbocycles. The predicted octanol–water partition coefficient (Wildman–Crippen LogP) is 1.59. The van der Waals surface area contributed by atoms with Gasteiger partial charge in [0, 0.05) is 32.3 Å². The summed E-state index contributed by atoms with van der Waals surface area (Å²) in [6.45, 7) is 0.602. The van der Waals surface area contributed by atoms with Gasteiger partial charge in [0.2, 0.25) is 6.10 Å². The smallest absolute Gasteiger partial charge is 0.272 e. The molecule has 2 heterocycles. The fourth-order valence-electron chi connectivity index (χ4n) is 2.69. The summed E-state index contributed by atoms with van der Waals surface area (Å²) in [7, 11) is 1.80. The van der Waals surface area contributed by atoms with Gasteiger partial charge in [0.05, 0.1) is 0 Å². The van der Waals surface area contributed by atoms with Crippen LogP contribution in [0.4, 0.5) is 10.2 Å². The molecular formula is C17H20FN5O2. The standard InChI is InChI=1S/C17H20FN5O2/c1-22-10-8-16(20-22)23-9-2-3-14(17(23)24)25-21-15(19)11-12-4-6-13(18)7-5-12/h4-8,10,14H,2-3,9,11H2,1H3,(H2,19,21). The van der Waals surface area contributed by atoms with Gasteiger partial charge < -0.3 is 10.6 Å². The lowest BCUT2D eigenvalue weighted by Gasteiger charge is -2.29. The fraction of sp³-hybridized carbons (Fsp3) is 0.353. The van der Waals surface area contributed by atoms with Crippen molar-refractivity contribution in [3.8, 4) is 0 Å². The van der Waals surface area contributed by atoms with Crippen LogP contribution in [-0.2, 0) is 23.1 Å². The van der Waals surface area contributed by atoms with Crippen molar-refractivity contribution in [2.24, 2.45) is 17.9 Å². The zero-order valence-electron chi connectivity index (χ0n) is 13.9. The van der Waals surface area contributed by atoms with Gasteiger partial charge in [0.15, 0.2) is 5.82 Å². The van der Waals surface area contributed by atoms with E-state index in [9.17, 15) is 9.18 Å². The quantitative estimate of drug-likeness (QED) is 0.506. The lowest BCUT2D eigenvalue weighted by atomic mass is 10.1. The van der Waals surface area contributed by atoms with E-state index < -0.39 is 6.10 Å². The Labute approximate surface area is 144 Å². The Balaban J connectivity index is 1.61. The minimum atomic E-state index is -0.678. The third-order valence-corrected chi connectivity index (χ3v) is 3.96. The van der Waals surface area contributed by atoms with Gasteiger partial charge in [-0.3, -0.25) is 14.4 Å². The average Bonchev–Trinajstić information content (AvgIpc) is 3.02. The van der Waals surface area contributed by atoms with E-state index in [0.29, 0.717) is 25.2 Å². The summed E-state index contributed by atoms with van der Waals surface area (Å²) in [4.78, 5) is 19.5. The summed E-state index contributed by atoms with van der Waals surface area (Å²) in [5, 5.41) is 8.13. The second-order valence-electron chi connectivity index (χ2n) is 5.96. The number of amides is 1. The van der Waals surface area contributed by atoms with Crippen LogP contribution in [0, 0.1) is 5.82 Å². The summed E-state index contributed by atoms with van der Waals surface area (Å²) >= 11 is 0. The first kappa shape index (κ1) is 16.9. The molecule has 1 amide bonds. The van der Waals surface area contributed by atoms with Crippen LogP contribution in [0.3, 0.4) is 0 Å². The Hall–Kier alpha value is -2.90. The molecule has 0 aliphatic carbocycles. The first-order valence-corrected chi connectivity index (χ1v) is 8.06. The third-order valence-electron chi connectivity index (χ3n) is 3.96. The topological polar surface area (TPSA) is 85.7 Å². The van der Waals surface area contributed by atoms with Gasteiger partial charge in [-0.15, -0.1) is 0 Å². The van der Waals surface area contributed by atoms with Crippen molar-refractivity contribution in [1.82, 2.24) is 9.78 Å². The number of anilines is 1. The summed E-state index contributed by atoms with van der Waals surface area (Å²) in [5.41, 5.74) is 6.66. The van der Waals surface area contributed by atoms with Crippen LogP contribution < -0.4 is 10.6 Å². The van der Waals surface area contributed by atoms with Gasteiger partial charge in [-0.25, -0.2) is 4.39 Å². The lowest BCUT2D eigenvalue weighted by Crippen LogP contribution is -2.45. The molecule has 1 aromatic carbocycles. The molecule has 0 bridgehead atoms. The highest BCUT2D eigenvalue weighted by Gasteiger charge is 2.32. The van der Waals surface area contributed by atoms with Crippen molar-refractivity contribution in [2.45, 2.75) is 25.4 Å². The van der Waals surface area contributed by atoms with Crippen molar-refractivity contribution >= 4 is 17.6 Å². The van der Waals surface area contributed by atoms with Gasteiger partial charge >= 0.3 is 0 Å². The number of aromatic nitrogens is 2. The number of hydrogen-bond donors (Lipinski definition) is 1. The molecule has 0 spiro atoms. The average molecular weight is 345 g/mol. The zero-order chi connectivity index (χ0) is 17.8. The van der Waals surface area contributed by atoms with Crippen LogP contribution in [0.5, 0.6) is 0 Å². The number of carbonyl (C=O) groups is 1. The molecule has 0 radical (unpaired) electrons. The number of nitrogens with two attached hydrogens (primary N) is 1. The molecule has 1 saturated heterocycles. The SMILES string of the molecule is Cn1ccc(N2CCCC(ON=C(N)Cc3ccc(F)cc3)C2=O)n1. The third kappa shape index (κ3) is 4.14. The number of amidine groups is 1. The molecule has 1 aliphatic rings. The van der Waals surface area contributed by atoms with E-state index in [1.54, 1.807) is 41.0 Å². The molecule has 8 heteroatoms. The number of halogens is 1. The van der Waals surface area contributed by atoms with Gasteiger partial charge in [0.25, 0.3) is 5.91 Å². The van der Waals surface area contributed by atoms with Crippen LogP contribution in [0.15, 0.2) is 41.7 Å². The first-order valence-electron chi connectivity index (χ1n) is 8.06. The molecule has 1 aromatic heterocycles. The monoisotopic (exact) mass is 345 g/mol. The van der Waals surface area contributed by atoms with E-state index in [0.717, 1.165) is 12.0 Å². The molecule has 1 aliphatic heterocycles. The molecule has 25 heavy (non-hydrogen) atoms. The molecule has 3 rings (SSSR count). The van der Waals surface area contributed by atoms with Crippen molar-refractivity contribution in [3.05, 3.63) is 47.9 Å². The van der Waals surface area contributed by atoms with Gasteiger partial charge in [0.1, 0.15) is 11.7 Å². The molecule has 1 atom stereocenters. The van der Waals surface area contributed by atoms with Crippen LogP contribution in [0.2, 0.25) is 0 Å². The summed E-state index contributed by atoms with van der Waals surface area (Å²) in [5.74, 6) is 0.347. The predicted molar refractivity (Wildman–Crippen MR) is 91.4 cm³/mol. The van der Waals surface area contributed by atoms with Crippen LogP contribution >= 0.6 is 0 Å². The van der Waals surface area contributed by atoms with Crippen molar-refractivity contribution in [1.29, 1.82) is 0 Å². The molecule has 132 valence electrons. The molecular weight excluding hydrogens is 325 g/mol. The van der Waals surface area contributed by atoms with Gasteiger partial charge in [-0.1, -0.05) is 17.3 Å². The Morgan fingerprint density at radius 2 is 2.16 bits per heavy atom. The largest absolute Gasteiger partial charge is 0.384 e. The van der Waals surface area contributed by atoms with E-state index in [4.69, 9.17) is 10.6 Å². The summed E-state index contributed by atoms with van der Waals surface area (Å²) in [6, 6.07) is 7.77. The number of oxime groups is 1. The fourth-order valence-corrected chi connectivity index (χ4v) is 2.69. The highest BCUT2D eigenvalue weighted by molar-refractivity contribution is 5.96. The Bertz CT molecular complexity index is 772. The van der Waals surface area contributed by atoms with E-state index >= 15 is 0 Å². The maximum absolute atomic E-state index is 12.9. The Kier molecular flexibility index (Phi) is 4.97. The van der Waals surface area contributed by atoms with Crippen molar-refractivity contribution in [2.75, 3.05) is 11.4 Å². The van der Waals surface area contributed by atoms with Crippen molar-refractivity contribution in [3.63, 3.8) is 0 Å². The zero-order valence-corrected chi connectivity index (χ0v) is 13.9. The minimum absolute atomic E-state index is 0.178. The number of aryl methyl sites for hydroxylation is 1. The van der Waals surface area contributed by atoms with E-state index in [1.807, 2.05) is 0 Å². The minimum Gasteiger partial charge on any atom is -0.384 e. The van der Waals surface area contributed by atoms with Crippen LogP contribution in [-0.4, -0.2) is 34.2 Å². The second kappa shape index (κ2) is 7.33. The maximum atomic E-state index is 12.9. The highest BCUT2D eigenvalue weighted by Crippen LogP contribution is 2.21. The van der Waals surface area contributed by atoms with Gasteiger partial charge in [-0.2, -0.15) is 5.10 Å². The number of carbonyl (C=O) groups excluding carboxylic acids is 1. The summed E-state index contributed by atoms with van der Waals surface area (Å²) < 4.78 is 14.5. The number of nitrogens with zero attached hydrogens (tertiary/aromatic N) is 4. The van der Waals surface area contributed by atoms with Crippen LogP contribution in [0.25, 0.3) is 0 Å². The van der Waals surface area contributed by atoms with E-state index in [1.165, 1.54) is 12.1 Å². The Morgan fingerprint density at radius 1 is 1.40 bits per heavy atom. The number of rotatable bonds is 5. The van der Waals surface area contributed by atoms with E-state index in [2.05, 4.69) is 10.3 Å². The summed E-state index contributed by atoms with van der Waals surface area (Å²) in [6.07, 6.45) is 2.80. The molecule has 2 N–H and O–H groups in total. The molecule has 7 nitrogen and oxygen atoms in total. The number of benzene rings is 1. The van der Waals surface area contributed by atoms with Crippen LogP contribution in [0.1, 0.15) is 18.4 Å². The molecule has 2 aromatic rings.